The first-order chi connectivity index (χ1) is 10.2. The molecule has 0 aliphatic carbocycles. The van der Waals surface area contributed by atoms with Gasteiger partial charge >= 0.3 is 5.69 Å². The van der Waals surface area contributed by atoms with Crippen LogP contribution >= 0.6 is 0 Å². The summed E-state index contributed by atoms with van der Waals surface area (Å²) in [5, 5.41) is 10.9. The molecule has 0 fully saturated rings. The summed E-state index contributed by atoms with van der Waals surface area (Å²) < 4.78 is 5.14. The van der Waals surface area contributed by atoms with Crippen LogP contribution in [0.2, 0.25) is 0 Å². The zero-order valence-corrected chi connectivity index (χ0v) is 12.2. The Kier molecular flexibility index (Phi) is 6.07. The van der Waals surface area contributed by atoms with E-state index in [1.807, 2.05) is 13.8 Å². The van der Waals surface area contributed by atoms with Crippen LogP contribution in [0.25, 0.3) is 11.1 Å². The monoisotopic (exact) mass is 287 g/mol. The fourth-order valence-corrected chi connectivity index (χ4v) is 1.85. The number of hydrogen-bond acceptors (Lipinski definition) is 4. The molecular formula is C16H17NO4. The van der Waals surface area contributed by atoms with E-state index < -0.39 is 4.92 Å². The molecule has 21 heavy (non-hydrogen) atoms. The van der Waals surface area contributed by atoms with Crippen molar-refractivity contribution in [3.8, 4) is 16.9 Å². The molecule has 0 saturated heterocycles. The lowest BCUT2D eigenvalue weighted by molar-refractivity contribution is -0.385. The molecule has 0 aliphatic rings. The van der Waals surface area contributed by atoms with Gasteiger partial charge in [-0.1, -0.05) is 50.2 Å². The summed E-state index contributed by atoms with van der Waals surface area (Å²) in [5.74, 6) is 0.214. The number of methoxy groups -OCH3 is 1. The first-order valence-corrected chi connectivity index (χ1v) is 6.54. The fraction of sp³-hybridized carbons (Fsp3) is 0.188. The molecule has 0 spiro atoms. The second-order valence-corrected chi connectivity index (χ2v) is 3.85. The van der Waals surface area contributed by atoms with Crippen LogP contribution in [0.5, 0.6) is 5.75 Å². The van der Waals surface area contributed by atoms with Crippen molar-refractivity contribution in [1.82, 2.24) is 0 Å². The number of nitro groups is 1. The molecule has 2 aromatic carbocycles. The second-order valence-electron chi connectivity index (χ2n) is 3.85. The number of benzene rings is 2. The van der Waals surface area contributed by atoms with E-state index in [2.05, 4.69) is 0 Å². The number of para-hydroxylation sites is 1. The minimum atomic E-state index is -0.484. The number of hydrogen-bond donors (Lipinski definition) is 0. The Balaban J connectivity index is 0.00000106. The number of nitro benzene ring substituents is 1. The van der Waals surface area contributed by atoms with Gasteiger partial charge in [-0.15, -0.1) is 0 Å². The molecule has 0 bridgehead atoms. The average Bonchev–Trinajstić information content (AvgIpc) is 2.56. The fourth-order valence-electron chi connectivity index (χ4n) is 1.85. The van der Waals surface area contributed by atoms with Crippen molar-refractivity contribution < 1.29 is 14.5 Å². The molecule has 0 radical (unpaired) electrons. The van der Waals surface area contributed by atoms with E-state index >= 15 is 0 Å². The van der Waals surface area contributed by atoms with Gasteiger partial charge < -0.3 is 4.74 Å². The highest BCUT2D eigenvalue weighted by Gasteiger charge is 2.18. The van der Waals surface area contributed by atoms with Crippen molar-refractivity contribution in [2.75, 3.05) is 7.11 Å². The third-order valence-electron chi connectivity index (χ3n) is 2.75. The Morgan fingerprint density at radius 2 is 1.71 bits per heavy atom. The second kappa shape index (κ2) is 7.79. The molecule has 0 aliphatic heterocycles. The first kappa shape index (κ1) is 16.4. The van der Waals surface area contributed by atoms with Crippen LogP contribution in [0.1, 0.15) is 24.2 Å². The van der Waals surface area contributed by atoms with Crippen molar-refractivity contribution in [1.29, 1.82) is 0 Å². The normalized spacial score (nSPS) is 9.29. The summed E-state index contributed by atoms with van der Waals surface area (Å²) in [6.07, 6.45) is 0.744. The zero-order valence-electron chi connectivity index (χ0n) is 12.2. The number of ether oxygens (including phenoxy) is 1. The number of rotatable bonds is 4. The highest BCUT2D eigenvalue weighted by Crippen LogP contribution is 2.37. The van der Waals surface area contributed by atoms with Gasteiger partial charge in [0.05, 0.1) is 12.0 Å². The van der Waals surface area contributed by atoms with Gasteiger partial charge in [-0.2, -0.15) is 0 Å². The minimum absolute atomic E-state index is 0.0838. The number of nitrogens with zero attached hydrogens (tertiary/aromatic N) is 1. The number of carbonyl (C=O) groups is 1. The molecule has 0 atom stereocenters. The van der Waals surface area contributed by atoms with E-state index in [4.69, 9.17) is 4.74 Å². The predicted molar refractivity (Wildman–Crippen MR) is 81.8 cm³/mol. The Morgan fingerprint density at radius 1 is 1.10 bits per heavy atom. The van der Waals surface area contributed by atoms with Gasteiger partial charge in [0, 0.05) is 17.2 Å². The highest BCUT2D eigenvalue weighted by atomic mass is 16.6. The summed E-state index contributed by atoms with van der Waals surface area (Å²) in [4.78, 5) is 21.1. The largest absolute Gasteiger partial charge is 0.490 e. The van der Waals surface area contributed by atoms with Crippen LogP contribution in [0.3, 0.4) is 0 Å². The Labute approximate surface area is 123 Å². The van der Waals surface area contributed by atoms with Gasteiger partial charge in [0.2, 0.25) is 5.75 Å². The summed E-state index contributed by atoms with van der Waals surface area (Å²) in [6.45, 7) is 4.00. The quantitative estimate of drug-likeness (QED) is 0.482. The molecule has 0 heterocycles. The topological polar surface area (TPSA) is 69.4 Å². The molecule has 5 nitrogen and oxygen atoms in total. The van der Waals surface area contributed by atoms with Crippen molar-refractivity contribution in [2.45, 2.75) is 13.8 Å². The van der Waals surface area contributed by atoms with Crippen LogP contribution in [0, 0.1) is 10.1 Å². The van der Waals surface area contributed by atoms with Crippen LogP contribution in [-0.4, -0.2) is 18.3 Å². The van der Waals surface area contributed by atoms with E-state index in [1.54, 1.807) is 36.4 Å². The van der Waals surface area contributed by atoms with E-state index in [-0.39, 0.29) is 11.4 Å². The Hall–Kier alpha value is -2.69. The van der Waals surface area contributed by atoms with Gasteiger partial charge in [0.25, 0.3) is 0 Å². The Morgan fingerprint density at radius 3 is 2.19 bits per heavy atom. The Bertz CT molecular complexity index is 621. The minimum Gasteiger partial charge on any atom is -0.490 e. The molecule has 110 valence electrons. The molecule has 0 amide bonds. The number of carbonyl (C=O) groups excluding carboxylic acids is 1. The van der Waals surface area contributed by atoms with Crippen LogP contribution in [-0.2, 0) is 0 Å². The SMILES string of the molecule is CC.COc1c(-c2ccc(C=O)cc2)cccc1[N+](=O)[O-]. The predicted octanol–water partition coefficient (Wildman–Crippen LogP) is 4.11. The molecule has 2 aromatic rings. The van der Waals surface area contributed by atoms with E-state index in [9.17, 15) is 14.9 Å². The maximum Gasteiger partial charge on any atom is 0.311 e. The van der Waals surface area contributed by atoms with Crippen LogP contribution in [0.15, 0.2) is 42.5 Å². The third-order valence-corrected chi connectivity index (χ3v) is 2.75. The maximum atomic E-state index is 10.9. The molecular weight excluding hydrogens is 270 g/mol. The standard InChI is InChI=1S/C14H11NO4.C2H6/c1-19-14-12(3-2-4-13(14)15(17)18)11-7-5-10(9-16)6-8-11;1-2/h2-9H,1H3;1-2H3. The molecule has 0 saturated carbocycles. The van der Waals surface area contributed by atoms with Crippen molar-refractivity contribution in [3.63, 3.8) is 0 Å². The molecule has 5 heteroatoms. The lowest BCUT2D eigenvalue weighted by Gasteiger charge is -2.08. The first-order valence-electron chi connectivity index (χ1n) is 6.54. The van der Waals surface area contributed by atoms with Crippen molar-refractivity contribution >= 4 is 12.0 Å². The van der Waals surface area contributed by atoms with Gasteiger partial charge in [0.1, 0.15) is 6.29 Å². The molecule has 0 aromatic heterocycles. The van der Waals surface area contributed by atoms with Gasteiger partial charge in [-0.3, -0.25) is 14.9 Å². The van der Waals surface area contributed by atoms with Crippen LogP contribution in [0.4, 0.5) is 5.69 Å². The van der Waals surface area contributed by atoms with Gasteiger partial charge in [-0.05, 0) is 5.56 Å². The molecule has 0 N–H and O–H groups in total. The zero-order chi connectivity index (χ0) is 15.8. The van der Waals surface area contributed by atoms with E-state index in [1.165, 1.54) is 13.2 Å². The number of aldehydes is 1. The summed E-state index contributed by atoms with van der Waals surface area (Å²) in [6, 6.07) is 11.5. The van der Waals surface area contributed by atoms with Gasteiger partial charge in [0.15, 0.2) is 0 Å². The molecule has 2 rings (SSSR count). The van der Waals surface area contributed by atoms with Gasteiger partial charge in [-0.25, -0.2) is 0 Å². The summed E-state index contributed by atoms with van der Waals surface area (Å²) in [7, 11) is 1.39. The lowest BCUT2D eigenvalue weighted by atomic mass is 10.0. The van der Waals surface area contributed by atoms with Crippen molar-refractivity contribution in [3.05, 3.63) is 58.1 Å². The third kappa shape index (κ3) is 3.66. The lowest BCUT2D eigenvalue weighted by Crippen LogP contribution is -1.95. The smallest absolute Gasteiger partial charge is 0.311 e. The van der Waals surface area contributed by atoms with E-state index in [0.29, 0.717) is 11.1 Å². The maximum absolute atomic E-state index is 10.9. The molecule has 0 unspecified atom stereocenters. The van der Waals surface area contributed by atoms with Crippen molar-refractivity contribution in [2.24, 2.45) is 0 Å². The summed E-state index contributed by atoms with van der Waals surface area (Å²) >= 11 is 0. The summed E-state index contributed by atoms with van der Waals surface area (Å²) in [5.41, 5.74) is 1.84. The van der Waals surface area contributed by atoms with E-state index in [0.717, 1.165) is 11.8 Å². The average molecular weight is 287 g/mol. The highest BCUT2D eigenvalue weighted by molar-refractivity contribution is 5.79. The van der Waals surface area contributed by atoms with Crippen LogP contribution < -0.4 is 4.74 Å².